The minimum atomic E-state index is -0.994. The van der Waals surface area contributed by atoms with Gasteiger partial charge in [-0.15, -0.1) is 0 Å². The summed E-state index contributed by atoms with van der Waals surface area (Å²) in [6.45, 7) is 5.56. The van der Waals surface area contributed by atoms with Crippen LogP contribution in [0.5, 0.6) is 0 Å². The lowest BCUT2D eigenvalue weighted by Gasteiger charge is -2.12. The topological polar surface area (TPSA) is 66.4 Å². The molecule has 0 aliphatic heterocycles. The number of thioether (sulfide) groups is 1. The second kappa shape index (κ2) is 10.9. The lowest BCUT2D eigenvalue weighted by Crippen LogP contribution is -2.40. The Bertz CT molecular complexity index is 303. The van der Waals surface area contributed by atoms with E-state index in [1.165, 1.54) is 18.2 Å². The van der Waals surface area contributed by atoms with Crippen LogP contribution in [0.1, 0.15) is 26.2 Å². The molecule has 0 aliphatic carbocycles. The maximum atomic E-state index is 11.3. The lowest BCUT2D eigenvalue weighted by atomic mass is 10.2. The minimum absolute atomic E-state index is 0.402. The number of rotatable bonds is 10. The Morgan fingerprint density at radius 1 is 1.44 bits per heavy atom. The Morgan fingerprint density at radius 2 is 2.17 bits per heavy atom. The third kappa shape index (κ3) is 8.87. The monoisotopic (exact) mass is 271 g/mol. The van der Waals surface area contributed by atoms with Crippen molar-refractivity contribution < 1.29 is 14.7 Å². The number of amides is 1. The zero-order chi connectivity index (χ0) is 13.8. The van der Waals surface area contributed by atoms with Crippen molar-refractivity contribution in [2.45, 2.75) is 32.2 Å². The van der Waals surface area contributed by atoms with Crippen molar-refractivity contribution in [2.75, 3.05) is 11.5 Å². The molecule has 18 heavy (non-hydrogen) atoms. The van der Waals surface area contributed by atoms with Crippen molar-refractivity contribution in [1.29, 1.82) is 0 Å². The van der Waals surface area contributed by atoms with Gasteiger partial charge in [0.1, 0.15) is 6.04 Å². The molecule has 0 aromatic rings. The molecule has 5 heteroatoms. The zero-order valence-corrected chi connectivity index (χ0v) is 11.5. The summed E-state index contributed by atoms with van der Waals surface area (Å²) in [6.07, 6.45) is 6.93. The van der Waals surface area contributed by atoms with E-state index in [-0.39, 0.29) is 0 Å². The fourth-order valence-corrected chi connectivity index (χ4v) is 2.28. The zero-order valence-electron chi connectivity index (χ0n) is 10.7. The van der Waals surface area contributed by atoms with Crippen molar-refractivity contribution in [3.63, 3.8) is 0 Å². The molecule has 0 fully saturated rings. The van der Waals surface area contributed by atoms with Crippen LogP contribution in [0.4, 0.5) is 0 Å². The van der Waals surface area contributed by atoms with Gasteiger partial charge in [-0.05, 0) is 24.3 Å². The standard InChI is InChI=1S/C13H21NO3S/c1-3-5-7-12(15)14-11(13(16)17)8-10-18-9-6-4-2/h3,5,7,11H,1,4,6,8-10H2,2H3,(H,14,15)(H,16,17). The average Bonchev–Trinajstić information content (AvgIpc) is 2.34. The fraction of sp³-hybridized carbons (Fsp3) is 0.538. The van der Waals surface area contributed by atoms with E-state index in [0.717, 1.165) is 24.3 Å². The minimum Gasteiger partial charge on any atom is -0.480 e. The van der Waals surface area contributed by atoms with Crippen LogP contribution in [0.3, 0.4) is 0 Å². The van der Waals surface area contributed by atoms with Crippen LogP contribution in [0.25, 0.3) is 0 Å². The first kappa shape index (κ1) is 16.8. The third-order valence-corrected chi connectivity index (χ3v) is 3.29. The predicted molar refractivity (Wildman–Crippen MR) is 75.8 cm³/mol. The van der Waals surface area contributed by atoms with Crippen LogP contribution >= 0.6 is 11.8 Å². The molecule has 102 valence electrons. The van der Waals surface area contributed by atoms with Gasteiger partial charge in [0, 0.05) is 6.08 Å². The van der Waals surface area contributed by atoms with E-state index in [9.17, 15) is 9.59 Å². The largest absolute Gasteiger partial charge is 0.480 e. The summed E-state index contributed by atoms with van der Waals surface area (Å²) in [6, 6.07) is -0.818. The molecule has 0 saturated carbocycles. The van der Waals surface area contributed by atoms with Crippen molar-refractivity contribution in [1.82, 2.24) is 5.32 Å². The Kier molecular flexibility index (Phi) is 10.2. The van der Waals surface area contributed by atoms with Crippen molar-refractivity contribution >= 4 is 23.6 Å². The van der Waals surface area contributed by atoms with E-state index in [1.54, 1.807) is 11.8 Å². The van der Waals surface area contributed by atoms with Gasteiger partial charge < -0.3 is 10.4 Å². The molecule has 2 N–H and O–H groups in total. The second-order valence-electron chi connectivity index (χ2n) is 3.75. The van der Waals surface area contributed by atoms with E-state index < -0.39 is 17.9 Å². The van der Waals surface area contributed by atoms with E-state index in [1.807, 2.05) is 0 Å². The van der Waals surface area contributed by atoms with Gasteiger partial charge in [-0.2, -0.15) is 11.8 Å². The molecule has 0 heterocycles. The number of unbranched alkanes of at least 4 members (excludes halogenated alkanes) is 1. The Morgan fingerprint density at radius 3 is 2.72 bits per heavy atom. The summed E-state index contributed by atoms with van der Waals surface area (Å²) >= 11 is 1.72. The number of aliphatic carboxylic acids is 1. The summed E-state index contributed by atoms with van der Waals surface area (Å²) < 4.78 is 0. The van der Waals surface area contributed by atoms with Gasteiger partial charge in [0.25, 0.3) is 0 Å². The summed E-state index contributed by atoms with van der Waals surface area (Å²) in [4.78, 5) is 22.3. The molecule has 1 unspecified atom stereocenters. The maximum Gasteiger partial charge on any atom is 0.326 e. The van der Waals surface area contributed by atoms with Gasteiger partial charge in [0.2, 0.25) is 5.91 Å². The molecular weight excluding hydrogens is 250 g/mol. The van der Waals surface area contributed by atoms with Crippen LogP contribution in [0.2, 0.25) is 0 Å². The molecule has 0 aliphatic rings. The highest BCUT2D eigenvalue weighted by Crippen LogP contribution is 2.08. The molecule has 0 spiro atoms. The number of allylic oxidation sites excluding steroid dienone is 2. The molecular formula is C13H21NO3S. The quantitative estimate of drug-likeness (QED) is 0.363. The third-order valence-electron chi connectivity index (χ3n) is 2.19. The number of carbonyl (C=O) groups is 2. The molecule has 0 saturated heterocycles. The molecule has 1 amide bonds. The number of nitrogens with one attached hydrogen (secondary N) is 1. The van der Waals surface area contributed by atoms with Gasteiger partial charge in [-0.3, -0.25) is 4.79 Å². The molecule has 4 nitrogen and oxygen atoms in total. The Labute approximate surface area is 113 Å². The van der Waals surface area contributed by atoms with Crippen LogP contribution in [-0.2, 0) is 9.59 Å². The van der Waals surface area contributed by atoms with Gasteiger partial charge in [0.15, 0.2) is 0 Å². The van der Waals surface area contributed by atoms with Crippen LogP contribution in [-0.4, -0.2) is 34.5 Å². The number of carboxylic acids is 1. The second-order valence-corrected chi connectivity index (χ2v) is 4.97. The molecule has 1 atom stereocenters. The number of carboxylic acid groups (broad SMARTS) is 1. The van der Waals surface area contributed by atoms with Crippen LogP contribution in [0.15, 0.2) is 24.8 Å². The Balaban J connectivity index is 3.99. The molecule has 0 aromatic heterocycles. The smallest absolute Gasteiger partial charge is 0.326 e. The van der Waals surface area contributed by atoms with Crippen LogP contribution in [0, 0.1) is 0 Å². The number of carbonyl (C=O) groups excluding carboxylic acids is 1. The predicted octanol–water partition coefficient (Wildman–Crippen LogP) is 2.22. The highest BCUT2D eigenvalue weighted by atomic mass is 32.2. The molecule has 0 bridgehead atoms. The summed E-state index contributed by atoms with van der Waals surface area (Å²) in [5.74, 6) is 0.377. The fourth-order valence-electron chi connectivity index (χ4n) is 1.18. The van der Waals surface area contributed by atoms with E-state index in [2.05, 4.69) is 18.8 Å². The van der Waals surface area contributed by atoms with Gasteiger partial charge in [-0.25, -0.2) is 4.79 Å². The van der Waals surface area contributed by atoms with Gasteiger partial charge in [0.05, 0.1) is 0 Å². The van der Waals surface area contributed by atoms with Crippen molar-refractivity contribution in [2.24, 2.45) is 0 Å². The van der Waals surface area contributed by atoms with Crippen molar-refractivity contribution in [3.8, 4) is 0 Å². The maximum absolute atomic E-state index is 11.3. The van der Waals surface area contributed by atoms with Gasteiger partial charge >= 0.3 is 5.97 Å². The first-order valence-corrected chi connectivity index (χ1v) is 7.17. The first-order valence-electron chi connectivity index (χ1n) is 6.02. The molecule has 0 radical (unpaired) electrons. The van der Waals surface area contributed by atoms with E-state index >= 15 is 0 Å². The summed E-state index contributed by atoms with van der Waals surface area (Å²) in [7, 11) is 0. The summed E-state index contributed by atoms with van der Waals surface area (Å²) in [5, 5.41) is 11.4. The van der Waals surface area contributed by atoms with Gasteiger partial charge in [-0.1, -0.05) is 32.1 Å². The summed E-state index contributed by atoms with van der Waals surface area (Å²) in [5.41, 5.74) is 0. The molecule has 0 aromatic carbocycles. The Hall–Kier alpha value is -1.23. The van der Waals surface area contributed by atoms with E-state index in [0.29, 0.717) is 6.42 Å². The highest BCUT2D eigenvalue weighted by Gasteiger charge is 2.18. The average molecular weight is 271 g/mol. The normalized spacial score (nSPS) is 12.3. The highest BCUT2D eigenvalue weighted by molar-refractivity contribution is 7.99. The SMILES string of the molecule is C=CC=CC(=O)NC(CCSCCCC)C(=O)O. The lowest BCUT2D eigenvalue weighted by molar-refractivity contribution is -0.141. The van der Waals surface area contributed by atoms with Crippen LogP contribution < -0.4 is 5.32 Å². The number of hydrogen-bond acceptors (Lipinski definition) is 3. The number of hydrogen-bond donors (Lipinski definition) is 2. The molecule has 0 rings (SSSR count). The van der Waals surface area contributed by atoms with E-state index in [4.69, 9.17) is 5.11 Å². The van der Waals surface area contributed by atoms with Crippen molar-refractivity contribution in [3.05, 3.63) is 24.8 Å². The first-order chi connectivity index (χ1) is 8.61.